The fourth-order valence-corrected chi connectivity index (χ4v) is 3.12. The number of methoxy groups -OCH3 is 1. The van der Waals surface area contributed by atoms with Gasteiger partial charge < -0.3 is 19.4 Å². The summed E-state index contributed by atoms with van der Waals surface area (Å²) >= 11 is 1.42. The van der Waals surface area contributed by atoms with Crippen LogP contribution in [0.4, 0.5) is 10.8 Å². The van der Waals surface area contributed by atoms with Crippen LogP contribution >= 0.6 is 11.3 Å². The van der Waals surface area contributed by atoms with Crippen LogP contribution in [-0.2, 0) is 18.4 Å². The van der Waals surface area contributed by atoms with E-state index in [1.165, 1.54) is 24.3 Å². The van der Waals surface area contributed by atoms with Crippen LogP contribution in [0.1, 0.15) is 33.5 Å². The Labute approximate surface area is 160 Å². The van der Waals surface area contributed by atoms with Gasteiger partial charge in [-0.2, -0.15) is 0 Å². The van der Waals surface area contributed by atoms with E-state index in [2.05, 4.69) is 10.3 Å². The Balaban J connectivity index is 1.59. The van der Waals surface area contributed by atoms with Crippen LogP contribution in [0, 0.1) is 0 Å². The number of thiazole rings is 1. The van der Waals surface area contributed by atoms with Gasteiger partial charge in [-0.15, -0.1) is 11.3 Å². The summed E-state index contributed by atoms with van der Waals surface area (Å²) in [5.74, 6) is 0.182. The first kappa shape index (κ1) is 18.7. The monoisotopic (exact) mass is 385 g/mol. The lowest BCUT2D eigenvalue weighted by molar-refractivity contribution is 0.0457. The Morgan fingerprint density at radius 2 is 2.00 bits per heavy atom. The molecule has 0 bridgehead atoms. The van der Waals surface area contributed by atoms with Gasteiger partial charge >= 0.3 is 5.97 Å². The number of carbonyl (C=O) groups excluding carboxylic acids is 2. The molecule has 0 amide bonds. The molecule has 0 unspecified atom stereocenters. The summed E-state index contributed by atoms with van der Waals surface area (Å²) < 4.78 is 12.0. The van der Waals surface area contributed by atoms with Gasteiger partial charge in [0.15, 0.2) is 10.9 Å². The fraction of sp³-hybridized carbons (Fsp3) is 0.211. The Hall–Kier alpha value is -3.13. The lowest BCUT2D eigenvalue weighted by atomic mass is 10.2. The molecule has 0 aliphatic rings. The largest absolute Gasteiger partial charge is 0.497 e. The number of nitrogens with zero attached hydrogens (tertiary/aromatic N) is 2. The minimum Gasteiger partial charge on any atom is -0.497 e. The number of aryl methyl sites for hydroxylation is 1. The van der Waals surface area contributed by atoms with Crippen LogP contribution in [0.25, 0.3) is 0 Å². The third kappa shape index (κ3) is 4.53. The number of anilines is 2. The van der Waals surface area contributed by atoms with E-state index in [-0.39, 0.29) is 12.4 Å². The van der Waals surface area contributed by atoms with Gasteiger partial charge in [-0.25, -0.2) is 9.78 Å². The first-order valence-corrected chi connectivity index (χ1v) is 9.04. The number of esters is 1. The second-order valence-corrected chi connectivity index (χ2v) is 6.71. The normalized spacial score (nSPS) is 10.5. The summed E-state index contributed by atoms with van der Waals surface area (Å²) in [6.07, 6.45) is 1.61. The maximum atomic E-state index is 12.2. The van der Waals surface area contributed by atoms with Crippen molar-refractivity contribution < 1.29 is 19.1 Å². The summed E-state index contributed by atoms with van der Waals surface area (Å²) in [7, 11) is 3.32. The minimum absolute atomic E-state index is 0.0558. The molecule has 1 N–H and O–H groups in total. The molecule has 2 aromatic heterocycles. The molecule has 8 heteroatoms. The van der Waals surface area contributed by atoms with Crippen molar-refractivity contribution in [2.24, 2.45) is 7.05 Å². The highest BCUT2D eigenvalue weighted by Gasteiger charge is 2.16. The maximum Gasteiger partial charge on any atom is 0.355 e. The molecule has 7 nitrogen and oxygen atoms in total. The Kier molecular flexibility index (Phi) is 5.56. The first-order valence-electron chi connectivity index (χ1n) is 8.16. The highest BCUT2D eigenvalue weighted by molar-refractivity contribution is 7.13. The summed E-state index contributed by atoms with van der Waals surface area (Å²) in [4.78, 5) is 28.0. The van der Waals surface area contributed by atoms with E-state index in [1.807, 2.05) is 29.6 Å². The zero-order valence-electron chi connectivity index (χ0n) is 15.2. The van der Waals surface area contributed by atoms with E-state index in [9.17, 15) is 9.59 Å². The Morgan fingerprint density at radius 3 is 2.63 bits per heavy atom. The zero-order valence-corrected chi connectivity index (χ0v) is 16.0. The molecule has 0 aliphatic carbocycles. The molecule has 0 fully saturated rings. The van der Waals surface area contributed by atoms with Crippen LogP contribution in [0.2, 0.25) is 0 Å². The fourth-order valence-electron chi connectivity index (χ4n) is 2.40. The number of carbonyl (C=O) groups is 2. The van der Waals surface area contributed by atoms with Crippen LogP contribution < -0.4 is 10.1 Å². The quantitative estimate of drug-likeness (QED) is 0.492. The van der Waals surface area contributed by atoms with Crippen LogP contribution in [0.15, 0.2) is 41.9 Å². The molecule has 3 rings (SSSR count). The molecule has 1 aromatic carbocycles. The van der Waals surface area contributed by atoms with Gasteiger partial charge in [-0.05, 0) is 37.3 Å². The number of ketones is 1. The number of hydrogen-bond acceptors (Lipinski definition) is 7. The molecule has 3 aromatic rings. The van der Waals surface area contributed by atoms with Gasteiger partial charge in [0.25, 0.3) is 0 Å². The predicted octanol–water partition coefficient (Wildman–Crippen LogP) is 3.79. The molecule has 2 heterocycles. The molecule has 0 atom stereocenters. The van der Waals surface area contributed by atoms with Crippen molar-refractivity contribution in [2.75, 3.05) is 12.4 Å². The van der Waals surface area contributed by atoms with Crippen molar-refractivity contribution in [3.63, 3.8) is 0 Å². The number of ether oxygens (including phenoxy) is 2. The lowest BCUT2D eigenvalue weighted by Gasteiger charge is -2.04. The average Bonchev–Trinajstić information content (AvgIpc) is 3.27. The molecule has 0 aliphatic heterocycles. The van der Waals surface area contributed by atoms with Gasteiger partial charge in [-0.3, -0.25) is 4.79 Å². The van der Waals surface area contributed by atoms with Crippen molar-refractivity contribution in [1.82, 2.24) is 9.55 Å². The van der Waals surface area contributed by atoms with Gasteiger partial charge in [0.05, 0.1) is 12.8 Å². The van der Waals surface area contributed by atoms with Crippen molar-refractivity contribution in [1.29, 1.82) is 0 Å². The van der Waals surface area contributed by atoms with Crippen molar-refractivity contribution in [3.8, 4) is 5.75 Å². The van der Waals surface area contributed by atoms with Crippen molar-refractivity contribution >= 4 is 33.9 Å². The molecule has 140 valence electrons. The van der Waals surface area contributed by atoms with Gasteiger partial charge in [-0.1, -0.05) is 0 Å². The molecular weight excluding hydrogens is 366 g/mol. The van der Waals surface area contributed by atoms with E-state index < -0.39 is 5.97 Å². The third-order valence-electron chi connectivity index (χ3n) is 3.86. The van der Waals surface area contributed by atoms with Gasteiger partial charge in [0, 0.05) is 29.9 Å². The number of nitrogens with one attached hydrogen (secondary N) is 1. The smallest absolute Gasteiger partial charge is 0.355 e. The van der Waals surface area contributed by atoms with Gasteiger partial charge in [0.1, 0.15) is 18.1 Å². The van der Waals surface area contributed by atoms with E-state index in [4.69, 9.17) is 9.47 Å². The van der Waals surface area contributed by atoms with Crippen LogP contribution in [0.3, 0.4) is 0 Å². The molecule has 27 heavy (non-hydrogen) atoms. The number of Topliss-reactive ketones (excluding diaryl/α,β-unsaturated/α-hetero) is 1. The molecule has 0 radical (unpaired) electrons. The standard InChI is InChI=1S/C19H19N3O4S/c1-12(23)13-8-17(22(2)9-13)18(24)26-10-15-11-27-19(21-15)20-14-4-6-16(25-3)7-5-14/h4-9,11H,10H2,1-3H3,(H,20,21). The number of rotatable bonds is 7. The summed E-state index contributed by atoms with van der Waals surface area (Å²) in [5, 5.41) is 5.71. The molecule has 0 saturated heterocycles. The van der Waals surface area contributed by atoms with Gasteiger partial charge in [0.2, 0.25) is 0 Å². The SMILES string of the molecule is COc1ccc(Nc2nc(COC(=O)c3cc(C(C)=O)cn3C)cs2)cc1. The van der Waals surface area contributed by atoms with Crippen molar-refractivity contribution in [3.05, 3.63) is 58.9 Å². The number of aromatic nitrogens is 2. The third-order valence-corrected chi connectivity index (χ3v) is 4.67. The zero-order chi connectivity index (χ0) is 19.4. The minimum atomic E-state index is -0.498. The first-order chi connectivity index (χ1) is 13.0. The Morgan fingerprint density at radius 1 is 1.26 bits per heavy atom. The summed E-state index contributed by atoms with van der Waals surface area (Å²) in [6, 6.07) is 9.02. The highest BCUT2D eigenvalue weighted by Crippen LogP contribution is 2.23. The summed E-state index contributed by atoms with van der Waals surface area (Å²) in [5.41, 5.74) is 2.33. The maximum absolute atomic E-state index is 12.2. The molecule has 0 saturated carbocycles. The number of hydrogen-bond donors (Lipinski definition) is 1. The van der Waals surface area contributed by atoms with Crippen LogP contribution in [-0.4, -0.2) is 28.4 Å². The summed E-state index contributed by atoms with van der Waals surface area (Å²) in [6.45, 7) is 1.51. The van der Waals surface area contributed by atoms with E-state index in [1.54, 1.807) is 24.9 Å². The van der Waals surface area contributed by atoms with E-state index in [0.29, 0.717) is 22.1 Å². The Bertz CT molecular complexity index is 960. The van der Waals surface area contributed by atoms with Crippen LogP contribution in [0.5, 0.6) is 5.75 Å². The average molecular weight is 385 g/mol. The molecule has 0 spiro atoms. The topological polar surface area (TPSA) is 82.4 Å². The number of benzene rings is 1. The highest BCUT2D eigenvalue weighted by atomic mass is 32.1. The molecular formula is C19H19N3O4S. The second kappa shape index (κ2) is 8.05. The van der Waals surface area contributed by atoms with Crippen molar-refractivity contribution in [2.45, 2.75) is 13.5 Å². The second-order valence-electron chi connectivity index (χ2n) is 5.85. The van der Waals surface area contributed by atoms with E-state index in [0.717, 1.165) is 11.4 Å². The van der Waals surface area contributed by atoms with E-state index >= 15 is 0 Å². The predicted molar refractivity (Wildman–Crippen MR) is 103 cm³/mol. The lowest BCUT2D eigenvalue weighted by Crippen LogP contribution is -2.09.